The van der Waals surface area contributed by atoms with Crippen LogP contribution in [-0.2, 0) is 16.0 Å². The Morgan fingerprint density at radius 3 is 2.59 bits per heavy atom. The highest BCUT2D eigenvalue weighted by Crippen LogP contribution is 2.42. The molecule has 6 nitrogen and oxygen atoms in total. The zero-order valence-corrected chi connectivity index (χ0v) is 16.8. The Kier molecular flexibility index (Phi) is 5.28. The van der Waals surface area contributed by atoms with E-state index in [1.165, 1.54) is 19.3 Å². The first-order chi connectivity index (χ1) is 13.0. The molecule has 3 heterocycles. The summed E-state index contributed by atoms with van der Waals surface area (Å²) in [7, 11) is 0. The minimum Gasteiger partial charge on any atom is -0.375 e. The van der Waals surface area contributed by atoms with Gasteiger partial charge < -0.3 is 14.2 Å². The normalized spacial score (nSPS) is 27.6. The molecular weight excluding hydrogens is 342 g/mol. The van der Waals surface area contributed by atoms with Crippen molar-refractivity contribution >= 4 is 5.91 Å². The van der Waals surface area contributed by atoms with Gasteiger partial charge in [-0.2, -0.15) is 4.98 Å². The number of piperidine rings is 1. The van der Waals surface area contributed by atoms with Gasteiger partial charge >= 0.3 is 0 Å². The van der Waals surface area contributed by atoms with Crippen LogP contribution in [0.15, 0.2) is 4.52 Å². The number of carbonyl (C=O) groups excluding carboxylic acids is 1. The van der Waals surface area contributed by atoms with E-state index in [1.54, 1.807) is 0 Å². The molecule has 150 valence electrons. The number of nitrogens with zero attached hydrogens (tertiary/aromatic N) is 3. The summed E-state index contributed by atoms with van der Waals surface area (Å²) in [6.07, 6.45) is 10.6. The maximum absolute atomic E-state index is 13.1. The molecule has 0 N–H and O–H groups in total. The summed E-state index contributed by atoms with van der Waals surface area (Å²) >= 11 is 0. The molecule has 1 aliphatic carbocycles. The Morgan fingerprint density at radius 2 is 1.93 bits per heavy atom. The number of amides is 1. The molecule has 1 spiro atoms. The van der Waals surface area contributed by atoms with Crippen molar-refractivity contribution in [3.63, 3.8) is 0 Å². The monoisotopic (exact) mass is 375 g/mol. The lowest BCUT2D eigenvalue weighted by Crippen LogP contribution is -2.53. The molecular formula is C21H33N3O3. The molecule has 0 aromatic carbocycles. The zero-order chi connectivity index (χ0) is 18.9. The number of ether oxygens (including phenoxy) is 1. The Labute approximate surface area is 162 Å². The molecule has 3 aliphatic rings. The second-order valence-electron chi connectivity index (χ2n) is 9.24. The van der Waals surface area contributed by atoms with Gasteiger partial charge in [0.15, 0.2) is 5.82 Å². The smallest absolute Gasteiger partial charge is 0.228 e. The van der Waals surface area contributed by atoms with Crippen molar-refractivity contribution in [2.24, 2.45) is 11.3 Å². The molecule has 1 aromatic heterocycles. The third-order valence-electron chi connectivity index (χ3n) is 7.07. The molecule has 1 atom stereocenters. The Bertz CT molecular complexity index is 657. The predicted molar refractivity (Wildman–Crippen MR) is 101 cm³/mol. The van der Waals surface area contributed by atoms with Gasteiger partial charge in [0.05, 0.1) is 5.60 Å². The molecule has 1 amide bonds. The van der Waals surface area contributed by atoms with Gasteiger partial charge in [0, 0.05) is 38.5 Å². The minimum atomic E-state index is -0.130. The van der Waals surface area contributed by atoms with Gasteiger partial charge in [0.1, 0.15) is 0 Å². The second kappa shape index (κ2) is 7.53. The first-order valence-electron chi connectivity index (χ1n) is 10.7. The minimum absolute atomic E-state index is 0.0635. The fraction of sp³-hybridized carbons (Fsp3) is 0.857. The van der Waals surface area contributed by atoms with E-state index in [2.05, 4.69) is 22.0 Å². The number of carbonyl (C=O) groups is 1. The number of aromatic nitrogens is 2. The molecule has 2 saturated heterocycles. The van der Waals surface area contributed by atoms with E-state index >= 15 is 0 Å². The van der Waals surface area contributed by atoms with E-state index in [-0.39, 0.29) is 11.0 Å². The topological polar surface area (TPSA) is 68.5 Å². The van der Waals surface area contributed by atoms with E-state index in [0.29, 0.717) is 17.7 Å². The molecule has 1 aromatic rings. The van der Waals surface area contributed by atoms with E-state index in [0.717, 1.165) is 70.5 Å². The lowest BCUT2D eigenvalue weighted by molar-refractivity contribution is -0.156. The summed E-state index contributed by atoms with van der Waals surface area (Å²) in [6, 6.07) is 0. The third-order valence-corrected chi connectivity index (χ3v) is 7.07. The van der Waals surface area contributed by atoms with E-state index in [9.17, 15) is 4.79 Å². The van der Waals surface area contributed by atoms with Crippen molar-refractivity contribution in [3.8, 4) is 0 Å². The van der Waals surface area contributed by atoms with Crippen molar-refractivity contribution in [1.29, 1.82) is 0 Å². The molecule has 3 fully saturated rings. The first kappa shape index (κ1) is 18.9. The molecule has 1 saturated carbocycles. The van der Waals surface area contributed by atoms with E-state index < -0.39 is 0 Å². The summed E-state index contributed by atoms with van der Waals surface area (Å²) in [5, 5.41) is 4.06. The SMILES string of the molecule is Cc1nc(CC2CCOC3(CCN(C(=O)C4(C)CCCCC4)CC3)C2)no1. The summed E-state index contributed by atoms with van der Waals surface area (Å²) in [6.45, 7) is 6.48. The molecule has 1 unspecified atom stereocenters. The van der Waals surface area contributed by atoms with Gasteiger partial charge in [-0.05, 0) is 44.4 Å². The Morgan fingerprint density at radius 1 is 1.19 bits per heavy atom. The van der Waals surface area contributed by atoms with Crippen molar-refractivity contribution < 1.29 is 14.1 Å². The van der Waals surface area contributed by atoms with E-state index in [4.69, 9.17) is 9.26 Å². The van der Waals surface area contributed by atoms with Crippen molar-refractivity contribution in [3.05, 3.63) is 11.7 Å². The Hall–Kier alpha value is -1.43. The zero-order valence-electron chi connectivity index (χ0n) is 16.8. The number of hydrogen-bond acceptors (Lipinski definition) is 5. The van der Waals surface area contributed by atoms with Crippen LogP contribution in [0.3, 0.4) is 0 Å². The highest BCUT2D eigenvalue weighted by molar-refractivity contribution is 5.82. The van der Waals surface area contributed by atoms with Gasteiger partial charge in [0.2, 0.25) is 11.8 Å². The average Bonchev–Trinajstić information content (AvgIpc) is 3.07. The van der Waals surface area contributed by atoms with Crippen molar-refractivity contribution in [1.82, 2.24) is 15.0 Å². The van der Waals surface area contributed by atoms with Crippen LogP contribution in [0.2, 0.25) is 0 Å². The summed E-state index contributed by atoms with van der Waals surface area (Å²) in [5.74, 6) is 2.36. The summed E-state index contributed by atoms with van der Waals surface area (Å²) in [5.41, 5.74) is -0.193. The van der Waals surface area contributed by atoms with Gasteiger partial charge in [-0.1, -0.05) is 31.3 Å². The highest BCUT2D eigenvalue weighted by atomic mass is 16.5. The van der Waals surface area contributed by atoms with Crippen molar-refractivity contribution in [2.75, 3.05) is 19.7 Å². The van der Waals surface area contributed by atoms with Gasteiger partial charge in [0.25, 0.3) is 0 Å². The number of hydrogen-bond donors (Lipinski definition) is 0. The summed E-state index contributed by atoms with van der Waals surface area (Å²) in [4.78, 5) is 19.6. The van der Waals surface area contributed by atoms with Crippen LogP contribution in [0, 0.1) is 18.3 Å². The molecule has 27 heavy (non-hydrogen) atoms. The Balaban J connectivity index is 1.34. The number of aryl methyl sites for hydroxylation is 1. The fourth-order valence-electron chi connectivity index (χ4n) is 5.38. The van der Waals surface area contributed by atoms with E-state index in [1.807, 2.05) is 6.92 Å². The molecule has 0 bridgehead atoms. The number of likely N-dealkylation sites (tertiary alicyclic amines) is 1. The second-order valence-corrected chi connectivity index (χ2v) is 9.24. The van der Waals surface area contributed by atoms with Crippen LogP contribution in [0.1, 0.15) is 76.4 Å². The fourth-order valence-corrected chi connectivity index (χ4v) is 5.38. The molecule has 6 heteroatoms. The first-order valence-corrected chi connectivity index (χ1v) is 10.7. The molecule has 0 radical (unpaired) electrons. The predicted octanol–water partition coefficient (Wildman–Crippen LogP) is 3.68. The van der Waals surface area contributed by atoms with Crippen LogP contribution >= 0.6 is 0 Å². The summed E-state index contributed by atoms with van der Waals surface area (Å²) < 4.78 is 11.4. The van der Waals surface area contributed by atoms with Gasteiger partial charge in [-0.25, -0.2) is 0 Å². The average molecular weight is 376 g/mol. The quantitative estimate of drug-likeness (QED) is 0.806. The lowest BCUT2D eigenvalue weighted by atomic mass is 9.73. The lowest BCUT2D eigenvalue weighted by Gasteiger charge is -2.48. The highest BCUT2D eigenvalue weighted by Gasteiger charge is 2.44. The van der Waals surface area contributed by atoms with Crippen LogP contribution < -0.4 is 0 Å². The maximum atomic E-state index is 13.1. The largest absolute Gasteiger partial charge is 0.375 e. The van der Waals surface area contributed by atoms with Crippen LogP contribution in [-0.4, -0.2) is 46.2 Å². The van der Waals surface area contributed by atoms with Crippen LogP contribution in [0.25, 0.3) is 0 Å². The third kappa shape index (κ3) is 4.05. The van der Waals surface area contributed by atoms with Crippen LogP contribution in [0.4, 0.5) is 0 Å². The standard InChI is InChI=1S/C21H33N3O3/c1-16-22-18(23-27-16)14-17-6-13-26-21(15-17)9-11-24(12-10-21)19(25)20(2)7-4-3-5-8-20/h17H,3-15H2,1-2H3. The van der Waals surface area contributed by atoms with Crippen molar-refractivity contribution in [2.45, 2.75) is 83.7 Å². The number of rotatable bonds is 3. The van der Waals surface area contributed by atoms with Gasteiger partial charge in [-0.15, -0.1) is 0 Å². The molecule has 2 aliphatic heterocycles. The maximum Gasteiger partial charge on any atom is 0.228 e. The van der Waals surface area contributed by atoms with Gasteiger partial charge in [-0.3, -0.25) is 4.79 Å². The molecule has 4 rings (SSSR count). The van der Waals surface area contributed by atoms with Crippen LogP contribution in [0.5, 0.6) is 0 Å².